The van der Waals surface area contributed by atoms with Crippen molar-refractivity contribution in [3.63, 3.8) is 0 Å². The van der Waals surface area contributed by atoms with Crippen molar-refractivity contribution in [2.45, 2.75) is 44.7 Å². The number of ketones is 2. The molecular weight excluding hydrogens is 594 g/mol. The largest absolute Gasteiger partial charge is 0.356 e. The molecule has 2 heterocycles. The van der Waals surface area contributed by atoms with Gasteiger partial charge in [0.25, 0.3) is 5.91 Å². The molecule has 4 N–H and O–H groups in total. The van der Waals surface area contributed by atoms with Gasteiger partial charge in [-0.1, -0.05) is 54.6 Å². The van der Waals surface area contributed by atoms with Crippen LogP contribution in [0.5, 0.6) is 0 Å². The van der Waals surface area contributed by atoms with Crippen LogP contribution in [-0.2, 0) is 32.1 Å². The number of halogens is 2. The molecule has 3 aromatic carbocycles. The van der Waals surface area contributed by atoms with Gasteiger partial charge in [-0.15, -0.1) is 0 Å². The number of nitrogens with one attached hydrogen (secondary N) is 4. The third-order valence-electron chi connectivity index (χ3n) is 8.17. The fourth-order valence-corrected chi connectivity index (χ4v) is 5.66. The van der Waals surface area contributed by atoms with E-state index in [0.717, 1.165) is 28.6 Å². The quantitative estimate of drug-likeness (QED) is 0.130. The maximum absolute atomic E-state index is 14.1. The molecule has 1 saturated heterocycles. The van der Waals surface area contributed by atoms with Crippen LogP contribution in [-0.4, -0.2) is 46.9 Å². The fraction of sp³-hybridized carbons (Fsp3) is 0.286. The molecule has 1 aliphatic rings. The first-order valence-corrected chi connectivity index (χ1v) is 15.2. The molecule has 1 aliphatic heterocycles. The molecule has 5 rings (SSSR count). The highest BCUT2D eigenvalue weighted by Crippen LogP contribution is 2.23. The third-order valence-corrected chi connectivity index (χ3v) is 8.17. The third kappa shape index (κ3) is 8.09. The van der Waals surface area contributed by atoms with Crippen molar-refractivity contribution >= 4 is 40.2 Å². The Kier molecular flexibility index (Phi) is 10.3. The van der Waals surface area contributed by atoms with Gasteiger partial charge >= 0.3 is 0 Å². The van der Waals surface area contributed by atoms with E-state index in [1.54, 1.807) is 36.4 Å². The predicted molar refractivity (Wildman–Crippen MR) is 166 cm³/mol. The van der Waals surface area contributed by atoms with E-state index < -0.39 is 52.9 Å². The summed E-state index contributed by atoms with van der Waals surface area (Å²) in [6.45, 7) is 0.567. The molecule has 11 heteroatoms. The average molecular weight is 629 g/mol. The van der Waals surface area contributed by atoms with Crippen molar-refractivity contribution < 1.29 is 32.8 Å². The predicted octanol–water partition coefficient (Wildman–Crippen LogP) is 4.16. The van der Waals surface area contributed by atoms with Crippen LogP contribution in [0.4, 0.5) is 8.78 Å². The summed E-state index contributed by atoms with van der Waals surface area (Å²) in [7, 11) is 0. The Hall–Kier alpha value is -5.19. The molecule has 0 radical (unpaired) electrons. The minimum Gasteiger partial charge on any atom is -0.356 e. The van der Waals surface area contributed by atoms with Gasteiger partial charge in [0.15, 0.2) is 17.4 Å². The number of carbonyl (C=O) groups excluding carboxylic acids is 5. The van der Waals surface area contributed by atoms with E-state index in [0.29, 0.717) is 19.4 Å². The van der Waals surface area contributed by atoms with Gasteiger partial charge in [0.1, 0.15) is 0 Å². The number of amides is 3. The van der Waals surface area contributed by atoms with Crippen molar-refractivity contribution in [2.75, 3.05) is 6.54 Å². The van der Waals surface area contributed by atoms with Gasteiger partial charge in [0, 0.05) is 42.2 Å². The monoisotopic (exact) mass is 628 g/mol. The SMILES string of the molecule is O=C(NCc1ccccc1)C(=O)[C@H](C[C@@H]1CCCNC1=O)NC(=O)[C@@H](CC(=O)c1cc2ccccc2[nH]1)Cc1ccc(F)c(F)c1. The molecule has 1 aromatic heterocycles. The Labute approximate surface area is 264 Å². The lowest BCUT2D eigenvalue weighted by molar-refractivity contribution is -0.141. The van der Waals surface area contributed by atoms with Crippen LogP contribution in [0.2, 0.25) is 0 Å². The number of fused-ring (bicyclic) bond motifs is 1. The van der Waals surface area contributed by atoms with Gasteiger partial charge in [-0.25, -0.2) is 8.78 Å². The number of rotatable bonds is 13. The van der Waals surface area contributed by atoms with Gasteiger partial charge in [-0.2, -0.15) is 0 Å². The van der Waals surface area contributed by atoms with Crippen LogP contribution < -0.4 is 16.0 Å². The summed E-state index contributed by atoms with van der Waals surface area (Å²) in [6.07, 6.45) is 0.531. The molecular formula is C35H34F2N4O5. The molecule has 9 nitrogen and oxygen atoms in total. The van der Waals surface area contributed by atoms with Crippen molar-refractivity contribution in [1.29, 1.82) is 0 Å². The summed E-state index contributed by atoms with van der Waals surface area (Å²) in [5.74, 6) is -7.20. The topological polar surface area (TPSA) is 137 Å². The maximum atomic E-state index is 14.1. The normalized spacial score (nSPS) is 15.9. The molecule has 0 unspecified atom stereocenters. The Morgan fingerprint density at radius 3 is 2.39 bits per heavy atom. The molecule has 4 aromatic rings. The number of piperidine rings is 1. The second-order valence-electron chi connectivity index (χ2n) is 11.5. The number of H-pyrrole nitrogens is 1. The minimum atomic E-state index is -1.37. The number of hydrogen-bond donors (Lipinski definition) is 4. The summed E-state index contributed by atoms with van der Waals surface area (Å²) in [5, 5.41) is 8.75. The van der Waals surface area contributed by atoms with Crippen LogP contribution in [0.25, 0.3) is 10.9 Å². The van der Waals surface area contributed by atoms with Crippen LogP contribution >= 0.6 is 0 Å². The highest BCUT2D eigenvalue weighted by Gasteiger charge is 2.35. The molecule has 0 aliphatic carbocycles. The first-order chi connectivity index (χ1) is 22.2. The van der Waals surface area contributed by atoms with E-state index in [4.69, 9.17) is 0 Å². The standard InChI is InChI=1S/C35H34F2N4O5/c36-26-13-12-22(16-27(26)37)15-25(19-31(42)29-17-23-9-4-5-11-28(23)40-29)34(45)41-30(18-24-10-6-14-38-33(24)44)32(43)35(46)39-20-21-7-2-1-3-8-21/h1-5,7-9,11-13,16-17,24-25,30,40H,6,10,14-15,18-20H2,(H,38,44)(H,39,46)(H,41,45)/t24-,25+,30-/m0/s1. The zero-order chi connectivity index (χ0) is 32.6. The fourth-order valence-electron chi connectivity index (χ4n) is 5.66. The number of aromatic amines is 1. The van der Waals surface area contributed by atoms with Crippen molar-refractivity contribution in [3.8, 4) is 0 Å². The molecule has 1 fully saturated rings. The van der Waals surface area contributed by atoms with Crippen LogP contribution in [0, 0.1) is 23.5 Å². The number of para-hydroxylation sites is 1. The van der Waals surface area contributed by atoms with Gasteiger partial charge in [-0.05, 0) is 61.1 Å². The van der Waals surface area contributed by atoms with Gasteiger partial charge in [0.2, 0.25) is 17.6 Å². The Bertz CT molecular complexity index is 1720. The van der Waals surface area contributed by atoms with Crippen LogP contribution in [0.15, 0.2) is 78.9 Å². The Balaban J connectivity index is 1.38. The highest BCUT2D eigenvalue weighted by atomic mass is 19.2. The molecule has 238 valence electrons. The second-order valence-corrected chi connectivity index (χ2v) is 11.5. The van der Waals surface area contributed by atoms with Crippen molar-refractivity contribution in [2.24, 2.45) is 11.8 Å². The van der Waals surface area contributed by atoms with E-state index in [1.807, 2.05) is 24.3 Å². The summed E-state index contributed by atoms with van der Waals surface area (Å²) in [4.78, 5) is 69.3. The smallest absolute Gasteiger partial charge is 0.289 e. The van der Waals surface area contributed by atoms with Crippen LogP contribution in [0.3, 0.4) is 0 Å². The zero-order valence-corrected chi connectivity index (χ0v) is 25.0. The summed E-state index contributed by atoms with van der Waals surface area (Å²) in [5.41, 5.74) is 2.01. The lowest BCUT2D eigenvalue weighted by Gasteiger charge is -2.27. The number of carbonyl (C=O) groups is 5. The van der Waals surface area contributed by atoms with Crippen LogP contribution in [0.1, 0.15) is 47.3 Å². The van der Waals surface area contributed by atoms with E-state index in [2.05, 4.69) is 20.9 Å². The minimum absolute atomic E-state index is 0.0771. The lowest BCUT2D eigenvalue weighted by Crippen LogP contribution is -2.51. The van der Waals surface area contributed by atoms with Gasteiger partial charge in [-0.3, -0.25) is 24.0 Å². The van der Waals surface area contributed by atoms with E-state index in [9.17, 15) is 32.8 Å². The second kappa shape index (κ2) is 14.7. The maximum Gasteiger partial charge on any atom is 0.289 e. The zero-order valence-electron chi connectivity index (χ0n) is 25.0. The molecule has 46 heavy (non-hydrogen) atoms. The number of benzene rings is 3. The van der Waals surface area contributed by atoms with Gasteiger partial charge < -0.3 is 20.9 Å². The molecule has 3 amide bonds. The summed E-state index contributed by atoms with van der Waals surface area (Å²) >= 11 is 0. The first kappa shape index (κ1) is 32.2. The van der Waals surface area contributed by atoms with E-state index in [-0.39, 0.29) is 43.0 Å². The summed E-state index contributed by atoms with van der Waals surface area (Å²) in [6, 6.07) is 19.7. The van der Waals surface area contributed by atoms with E-state index >= 15 is 0 Å². The number of aromatic nitrogens is 1. The lowest BCUT2D eigenvalue weighted by atomic mass is 9.88. The van der Waals surface area contributed by atoms with E-state index in [1.165, 1.54) is 6.07 Å². The average Bonchev–Trinajstić information content (AvgIpc) is 3.50. The summed E-state index contributed by atoms with van der Waals surface area (Å²) < 4.78 is 27.8. The number of hydrogen-bond acceptors (Lipinski definition) is 5. The van der Waals surface area contributed by atoms with Crippen molar-refractivity contribution in [3.05, 3.63) is 107 Å². The number of Topliss-reactive ketones (excluding diaryl/α,β-unsaturated/α-hetero) is 2. The van der Waals surface area contributed by atoms with Gasteiger partial charge in [0.05, 0.1) is 11.7 Å². The molecule has 0 bridgehead atoms. The van der Waals surface area contributed by atoms with Crippen molar-refractivity contribution in [1.82, 2.24) is 20.9 Å². The Morgan fingerprint density at radius 1 is 0.891 bits per heavy atom. The highest BCUT2D eigenvalue weighted by molar-refractivity contribution is 6.38. The molecule has 3 atom stereocenters. The first-order valence-electron chi connectivity index (χ1n) is 15.2. The Morgan fingerprint density at radius 2 is 1.65 bits per heavy atom. The molecule has 0 saturated carbocycles. The molecule has 0 spiro atoms.